The van der Waals surface area contributed by atoms with Crippen LogP contribution in [0.2, 0.25) is 0 Å². The van der Waals surface area contributed by atoms with Gasteiger partial charge in [-0.25, -0.2) is 4.98 Å². The first kappa shape index (κ1) is 11.8. The molecule has 0 saturated carbocycles. The van der Waals surface area contributed by atoms with Gasteiger partial charge in [-0.1, -0.05) is 0 Å². The molecule has 1 fully saturated rings. The summed E-state index contributed by atoms with van der Waals surface area (Å²) in [5.74, 6) is 0. The van der Waals surface area contributed by atoms with Gasteiger partial charge in [0.1, 0.15) is 5.03 Å². The second kappa shape index (κ2) is 5.61. The maximum Gasteiger partial charge on any atom is 0.119 e. The van der Waals surface area contributed by atoms with Crippen LogP contribution in [0, 0.1) is 0 Å². The second-order valence-electron chi connectivity index (χ2n) is 4.01. The van der Waals surface area contributed by atoms with E-state index in [2.05, 4.69) is 14.9 Å². The molecule has 0 aromatic carbocycles. The van der Waals surface area contributed by atoms with Crippen LogP contribution in [0.3, 0.4) is 0 Å². The summed E-state index contributed by atoms with van der Waals surface area (Å²) in [7, 11) is 0. The number of likely N-dealkylation sites (tertiary alicyclic amines) is 1. The van der Waals surface area contributed by atoms with Crippen LogP contribution in [0.15, 0.2) is 17.4 Å². The fourth-order valence-electron chi connectivity index (χ4n) is 2.20. The summed E-state index contributed by atoms with van der Waals surface area (Å²) in [6.07, 6.45) is 8.02. The highest BCUT2D eigenvalue weighted by atomic mass is 32.2. The summed E-state index contributed by atoms with van der Waals surface area (Å²) < 4.78 is 0. The second-order valence-corrected chi connectivity index (χ2v) is 4.81. The first-order valence-corrected chi connectivity index (χ1v) is 6.85. The van der Waals surface area contributed by atoms with E-state index in [1.54, 1.807) is 24.2 Å². The normalized spacial score (nSPS) is 21.5. The van der Waals surface area contributed by atoms with Crippen molar-refractivity contribution in [2.24, 2.45) is 5.73 Å². The van der Waals surface area contributed by atoms with Gasteiger partial charge in [0.05, 0.1) is 5.69 Å². The molecule has 0 radical (unpaired) electrons. The van der Waals surface area contributed by atoms with E-state index in [4.69, 9.17) is 5.73 Å². The van der Waals surface area contributed by atoms with Crippen molar-refractivity contribution in [2.45, 2.75) is 30.5 Å². The molecule has 0 aliphatic carbocycles. The summed E-state index contributed by atoms with van der Waals surface area (Å²) >= 11 is 1.66. The van der Waals surface area contributed by atoms with Crippen LogP contribution >= 0.6 is 11.8 Å². The van der Waals surface area contributed by atoms with Crippen LogP contribution in [0.25, 0.3) is 0 Å². The maximum atomic E-state index is 5.77. The molecule has 1 aliphatic rings. The molecule has 2 N–H and O–H groups in total. The number of nitrogens with zero attached hydrogens (tertiary/aromatic N) is 3. The molecular formula is C11H18N4S. The average Bonchev–Trinajstić information content (AvgIpc) is 2.77. The largest absolute Gasteiger partial charge is 0.329 e. The molecule has 0 bridgehead atoms. The van der Waals surface area contributed by atoms with E-state index in [-0.39, 0.29) is 0 Å². The molecular weight excluding hydrogens is 220 g/mol. The number of hydrogen-bond donors (Lipinski definition) is 1. The molecule has 1 aromatic rings. The van der Waals surface area contributed by atoms with Gasteiger partial charge in [-0.05, 0) is 25.6 Å². The molecule has 1 aromatic heterocycles. The van der Waals surface area contributed by atoms with Gasteiger partial charge in [0.25, 0.3) is 0 Å². The van der Waals surface area contributed by atoms with Gasteiger partial charge in [0.15, 0.2) is 0 Å². The van der Waals surface area contributed by atoms with Gasteiger partial charge in [-0.2, -0.15) is 0 Å². The monoisotopic (exact) mass is 238 g/mol. The van der Waals surface area contributed by atoms with E-state index in [9.17, 15) is 0 Å². The zero-order valence-electron chi connectivity index (χ0n) is 9.59. The lowest BCUT2D eigenvalue weighted by Crippen LogP contribution is -2.35. The Hall–Kier alpha value is -0.650. The Morgan fingerprint density at radius 2 is 2.31 bits per heavy atom. The zero-order valence-corrected chi connectivity index (χ0v) is 10.4. The Labute approximate surface area is 101 Å². The van der Waals surface area contributed by atoms with E-state index >= 15 is 0 Å². The van der Waals surface area contributed by atoms with Crippen LogP contribution in [-0.2, 0) is 6.54 Å². The van der Waals surface area contributed by atoms with Crippen molar-refractivity contribution < 1.29 is 0 Å². The van der Waals surface area contributed by atoms with E-state index in [1.165, 1.54) is 12.8 Å². The molecule has 0 spiro atoms. The van der Waals surface area contributed by atoms with E-state index in [0.29, 0.717) is 6.04 Å². The van der Waals surface area contributed by atoms with Crippen molar-refractivity contribution in [1.82, 2.24) is 14.9 Å². The first-order chi connectivity index (χ1) is 7.85. The molecule has 88 valence electrons. The Balaban J connectivity index is 2.08. The molecule has 0 amide bonds. The number of aromatic nitrogens is 2. The number of nitrogens with two attached hydrogens (primary N) is 1. The van der Waals surface area contributed by atoms with Gasteiger partial charge in [-0.3, -0.25) is 9.88 Å². The Bertz CT molecular complexity index is 345. The van der Waals surface area contributed by atoms with E-state index < -0.39 is 0 Å². The molecule has 2 rings (SSSR count). The predicted octanol–water partition coefficient (Wildman–Crippen LogP) is 1.12. The summed E-state index contributed by atoms with van der Waals surface area (Å²) in [5.41, 5.74) is 6.84. The smallest absolute Gasteiger partial charge is 0.119 e. The van der Waals surface area contributed by atoms with Crippen molar-refractivity contribution in [3.63, 3.8) is 0 Å². The topological polar surface area (TPSA) is 55.0 Å². The zero-order chi connectivity index (χ0) is 11.4. The quantitative estimate of drug-likeness (QED) is 0.797. The third-order valence-corrected chi connectivity index (χ3v) is 3.78. The molecule has 4 nitrogen and oxygen atoms in total. The third-order valence-electron chi connectivity index (χ3n) is 3.05. The van der Waals surface area contributed by atoms with Gasteiger partial charge < -0.3 is 5.73 Å². The van der Waals surface area contributed by atoms with Crippen molar-refractivity contribution in [3.8, 4) is 0 Å². The molecule has 2 heterocycles. The van der Waals surface area contributed by atoms with Gasteiger partial charge in [0.2, 0.25) is 0 Å². The van der Waals surface area contributed by atoms with E-state index in [1.807, 2.05) is 6.26 Å². The molecule has 1 aliphatic heterocycles. The molecule has 5 heteroatoms. The van der Waals surface area contributed by atoms with Crippen LogP contribution < -0.4 is 5.73 Å². The Kier molecular flexibility index (Phi) is 4.15. The molecule has 1 atom stereocenters. The van der Waals surface area contributed by atoms with Crippen molar-refractivity contribution >= 4 is 11.8 Å². The average molecular weight is 238 g/mol. The van der Waals surface area contributed by atoms with Crippen LogP contribution in [0.4, 0.5) is 0 Å². The maximum absolute atomic E-state index is 5.77. The lowest BCUT2D eigenvalue weighted by atomic mass is 10.2. The summed E-state index contributed by atoms with van der Waals surface area (Å²) in [6.45, 7) is 2.76. The SMILES string of the molecule is CSc1nccnc1CN1CCC[C@H]1CN. The highest BCUT2D eigenvalue weighted by Gasteiger charge is 2.24. The van der Waals surface area contributed by atoms with Gasteiger partial charge >= 0.3 is 0 Å². The number of hydrogen-bond acceptors (Lipinski definition) is 5. The summed E-state index contributed by atoms with van der Waals surface area (Å²) in [4.78, 5) is 11.2. The minimum absolute atomic E-state index is 0.525. The van der Waals surface area contributed by atoms with Crippen molar-refractivity contribution in [3.05, 3.63) is 18.1 Å². The van der Waals surface area contributed by atoms with Crippen LogP contribution in [0.1, 0.15) is 18.5 Å². The fourth-order valence-corrected chi connectivity index (χ4v) is 2.71. The molecule has 16 heavy (non-hydrogen) atoms. The van der Waals surface area contributed by atoms with E-state index in [0.717, 1.165) is 30.4 Å². The molecule has 1 saturated heterocycles. The summed E-state index contributed by atoms with van der Waals surface area (Å²) in [6, 6.07) is 0.525. The minimum atomic E-state index is 0.525. The van der Waals surface area contributed by atoms with Gasteiger partial charge in [0, 0.05) is 31.5 Å². The van der Waals surface area contributed by atoms with Crippen molar-refractivity contribution in [1.29, 1.82) is 0 Å². The Morgan fingerprint density at radius 1 is 1.50 bits per heavy atom. The van der Waals surface area contributed by atoms with Crippen LogP contribution in [-0.4, -0.2) is 40.3 Å². The lowest BCUT2D eigenvalue weighted by molar-refractivity contribution is 0.245. The third kappa shape index (κ3) is 2.53. The fraction of sp³-hybridized carbons (Fsp3) is 0.636. The highest BCUT2D eigenvalue weighted by Crippen LogP contribution is 2.22. The number of rotatable bonds is 4. The van der Waals surface area contributed by atoms with Crippen LogP contribution in [0.5, 0.6) is 0 Å². The van der Waals surface area contributed by atoms with Crippen molar-refractivity contribution in [2.75, 3.05) is 19.3 Å². The lowest BCUT2D eigenvalue weighted by Gasteiger charge is -2.23. The first-order valence-electron chi connectivity index (χ1n) is 5.63. The predicted molar refractivity (Wildman–Crippen MR) is 66.3 cm³/mol. The Morgan fingerprint density at radius 3 is 3.06 bits per heavy atom. The summed E-state index contributed by atoms with van der Waals surface area (Å²) in [5, 5.41) is 1.03. The highest BCUT2D eigenvalue weighted by molar-refractivity contribution is 7.98. The minimum Gasteiger partial charge on any atom is -0.329 e. The standard InChI is InChI=1S/C11H18N4S/c1-16-11-10(13-4-5-14-11)8-15-6-2-3-9(15)7-12/h4-5,9H,2-3,6-8,12H2,1H3/t9-/m0/s1. The number of thioether (sulfide) groups is 1. The van der Waals surface area contributed by atoms with Gasteiger partial charge in [-0.15, -0.1) is 11.8 Å². The molecule has 0 unspecified atom stereocenters.